The Balaban J connectivity index is 3.04. The fraction of sp³-hybridized carbons (Fsp3) is 0.625. The van der Waals surface area contributed by atoms with Gasteiger partial charge in [0.25, 0.3) is 0 Å². The minimum Gasteiger partial charge on any atom is -0.0917 e. The second-order valence-corrected chi connectivity index (χ2v) is 4.22. The van der Waals surface area contributed by atoms with Crippen LogP contribution >= 0.6 is 0 Å². The van der Waals surface area contributed by atoms with Gasteiger partial charge in [-0.25, -0.2) is 0 Å². The summed E-state index contributed by atoms with van der Waals surface area (Å²) >= 11 is 0. The highest BCUT2D eigenvalue weighted by Crippen LogP contribution is 2.09. The van der Waals surface area contributed by atoms with Gasteiger partial charge < -0.3 is 0 Å². The van der Waals surface area contributed by atoms with Crippen LogP contribution in [0, 0.1) is 0 Å². The highest BCUT2D eigenvalue weighted by atomic mass is 14.0. The van der Waals surface area contributed by atoms with E-state index < -0.39 is 0 Å². The molecule has 0 saturated heterocycles. The van der Waals surface area contributed by atoms with Crippen molar-refractivity contribution in [2.75, 3.05) is 0 Å². The number of hydrogen-bond acceptors (Lipinski definition) is 0. The Bertz CT molecular complexity index is 196. The van der Waals surface area contributed by atoms with Gasteiger partial charge in [0.2, 0.25) is 0 Å². The first-order valence-electron chi connectivity index (χ1n) is 6.80. The fourth-order valence-electron chi connectivity index (χ4n) is 1.68. The molecule has 92 valence electrons. The van der Waals surface area contributed by atoms with E-state index in [2.05, 4.69) is 50.3 Å². The highest BCUT2D eigenvalue weighted by molar-refractivity contribution is 5.00. The summed E-state index contributed by atoms with van der Waals surface area (Å²) in [5, 5.41) is 0. The van der Waals surface area contributed by atoms with Crippen molar-refractivity contribution in [1.82, 2.24) is 0 Å². The van der Waals surface area contributed by atoms with Crippen molar-refractivity contribution in [3.05, 3.63) is 36.5 Å². The molecule has 0 aliphatic rings. The Labute approximate surface area is 102 Å². The van der Waals surface area contributed by atoms with Crippen LogP contribution < -0.4 is 0 Å². The summed E-state index contributed by atoms with van der Waals surface area (Å²) in [6.45, 7) is 4.15. The summed E-state index contributed by atoms with van der Waals surface area (Å²) in [4.78, 5) is 0. The predicted molar refractivity (Wildman–Crippen MR) is 75.7 cm³/mol. The summed E-state index contributed by atoms with van der Waals surface area (Å²) in [6.07, 6.45) is 23.8. The zero-order valence-corrected chi connectivity index (χ0v) is 11.1. The van der Waals surface area contributed by atoms with Crippen molar-refractivity contribution < 1.29 is 0 Å². The van der Waals surface area contributed by atoms with Gasteiger partial charge in [-0.05, 0) is 39.5 Å². The largest absolute Gasteiger partial charge is 0.0917 e. The van der Waals surface area contributed by atoms with E-state index in [0.29, 0.717) is 0 Å². The molecule has 16 heavy (non-hydrogen) atoms. The van der Waals surface area contributed by atoms with Crippen LogP contribution in [0.2, 0.25) is 0 Å². The van der Waals surface area contributed by atoms with E-state index in [-0.39, 0.29) is 0 Å². The van der Waals surface area contributed by atoms with Crippen molar-refractivity contribution >= 4 is 0 Å². The molecule has 0 unspecified atom stereocenters. The Morgan fingerprint density at radius 2 is 1.12 bits per heavy atom. The molecule has 0 heteroatoms. The lowest BCUT2D eigenvalue weighted by Crippen LogP contribution is -1.79. The molecule has 0 fully saturated rings. The van der Waals surface area contributed by atoms with Crippen molar-refractivity contribution in [3.63, 3.8) is 0 Å². The zero-order valence-electron chi connectivity index (χ0n) is 11.1. The lowest BCUT2D eigenvalue weighted by Gasteiger charge is -1.98. The van der Waals surface area contributed by atoms with Gasteiger partial charge in [0.1, 0.15) is 0 Å². The minimum atomic E-state index is 1.24. The Kier molecular flexibility index (Phi) is 13.5. The smallest absolute Gasteiger partial charge is 0.0348 e. The lowest BCUT2D eigenvalue weighted by molar-refractivity contribution is 0.600. The van der Waals surface area contributed by atoms with E-state index in [1.165, 1.54) is 51.4 Å². The first kappa shape index (κ1) is 15.2. The molecule has 0 bridgehead atoms. The molecule has 0 rings (SSSR count). The third-order valence-corrected chi connectivity index (χ3v) is 2.67. The molecule has 0 aromatic carbocycles. The van der Waals surface area contributed by atoms with E-state index in [9.17, 15) is 0 Å². The quantitative estimate of drug-likeness (QED) is 0.247. The van der Waals surface area contributed by atoms with Crippen molar-refractivity contribution in [3.8, 4) is 0 Å². The van der Waals surface area contributed by atoms with Gasteiger partial charge in [-0.1, -0.05) is 62.1 Å². The molecule has 0 aromatic rings. The molecule has 0 saturated carbocycles. The zero-order chi connectivity index (χ0) is 11.9. The van der Waals surface area contributed by atoms with Gasteiger partial charge in [0.05, 0.1) is 0 Å². The summed E-state index contributed by atoms with van der Waals surface area (Å²) < 4.78 is 0. The average molecular weight is 220 g/mol. The summed E-state index contributed by atoms with van der Waals surface area (Å²) in [7, 11) is 0. The van der Waals surface area contributed by atoms with Gasteiger partial charge in [-0.15, -0.1) is 0 Å². The number of allylic oxidation sites excluding steroid dienone is 6. The van der Waals surface area contributed by atoms with Crippen LogP contribution in [0.4, 0.5) is 0 Å². The monoisotopic (exact) mass is 220 g/mol. The second kappa shape index (κ2) is 14.2. The van der Waals surface area contributed by atoms with E-state index in [4.69, 9.17) is 0 Å². The average Bonchev–Trinajstić information content (AvgIpc) is 2.31. The van der Waals surface area contributed by atoms with Gasteiger partial charge >= 0.3 is 0 Å². The first-order valence-corrected chi connectivity index (χ1v) is 6.80. The molecule has 0 atom stereocenters. The van der Waals surface area contributed by atoms with Crippen molar-refractivity contribution in [2.24, 2.45) is 0 Å². The summed E-state index contributed by atoms with van der Waals surface area (Å²) in [6, 6.07) is 0. The lowest BCUT2D eigenvalue weighted by atomic mass is 10.1. The van der Waals surface area contributed by atoms with E-state index >= 15 is 0 Å². The first-order chi connectivity index (χ1) is 7.91. The van der Waals surface area contributed by atoms with Crippen molar-refractivity contribution in [2.45, 2.75) is 65.2 Å². The van der Waals surface area contributed by atoms with Gasteiger partial charge in [-0.2, -0.15) is 0 Å². The van der Waals surface area contributed by atoms with Crippen LogP contribution in [0.15, 0.2) is 36.5 Å². The van der Waals surface area contributed by atoms with Gasteiger partial charge in [0, 0.05) is 0 Å². The Morgan fingerprint density at radius 1 is 0.562 bits per heavy atom. The van der Waals surface area contributed by atoms with Crippen LogP contribution in [0.5, 0.6) is 0 Å². The highest BCUT2D eigenvalue weighted by Gasteiger charge is 1.89. The van der Waals surface area contributed by atoms with Crippen molar-refractivity contribution in [1.29, 1.82) is 0 Å². The maximum absolute atomic E-state index is 2.27. The molecule has 0 heterocycles. The summed E-state index contributed by atoms with van der Waals surface area (Å²) in [5.41, 5.74) is 0. The Hall–Kier alpha value is -0.780. The molecule has 0 aromatic heterocycles. The molecule has 0 N–H and O–H groups in total. The molecule has 0 radical (unpaired) electrons. The molecule has 0 nitrogen and oxygen atoms in total. The maximum atomic E-state index is 2.27. The topological polar surface area (TPSA) is 0 Å². The fourth-order valence-corrected chi connectivity index (χ4v) is 1.68. The minimum absolute atomic E-state index is 1.24. The third-order valence-electron chi connectivity index (χ3n) is 2.67. The molecule has 0 spiro atoms. The molecule has 0 aliphatic carbocycles. The number of unbranched alkanes of at least 4 members (excludes halogenated alkanes) is 7. The van der Waals surface area contributed by atoms with Crippen LogP contribution in [0.3, 0.4) is 0 Å². The molecule has 0 aliphatic heterocycles. The van der Waals surface area contributed by atoms with Crippen LogP contribution in [-0.4, -0.2) is 0 Å². The molecular formula is C16H28. The molecule has 0 amide bonds. The van der Waals surface area contributed by atoms with Crippen LogP contribution in [-0.2, 0) is 0 Å². The van der Waals surface area contributed by atoms with Gasteiger partial charge in [-0.3, -0.25) is 0 Å². The van der Waals surface area contributed by atoms with Crippen LogP contribution in [0.1, 0.15) is 65.2 Å². The van der Waals surface area contributed by atoms with Crippen LogP contribution in [0.25, 0.3) is 0 Å². The number of hydrogen-bond donors (Lipinski definition) is 0. The van der Waals surface area contributed by atoms with E-state index in [1.807, 2.05) is 0 Å². The third kappa shape index (κ3) is 13.2. The maximum Gasteiger partial charge on any atom is -0.0348 e. The van der Waals surface area contributed by atoms with E-state index in [0.717, 1.165) is 0 Å². The predicted octanol–water partition coefficient (Wildman–Crippen LogP) is 5.82. The van der Waals surface area contributed by atoms with Gasteiger partial charge in [0.15, 0.2) is 0 Å². The molecular weight excluding hydrogens is 192 g/mol. The SMILES string of the molecule is CC=CC=CCCCCCCCCC=CC. The summed E-state index contributed by atoms with van der Waals surface area (Å²) in [5.74, 6) is 0. The van der Waals surface area contributed by atoms with E-state index in [1.54, 1.807) is 0 Å². The Morgan fingerprint density at radius 3 is 1.69 bits per heavy atom. The number of rotatable bonds is 10. The normalized spacial score (nSPS) is 12.4. The standard InChI is InChI=1S/C16H28/c1-3-5-7-9-11-13-15-16-14-12-10-8-6-4-2/h3-7,9H,8,10-16H2,1-2H3. The second-order valence-electron chi connectivity index (χ2n) is 4.22.